The van der Waals surface area contributed by atoms with E-state index in [2.05, 4.69) is 15.1 Å². The van der Waals surface area contributed by atoms with Crippen molar-refractivity contribution in [1.82, 2.24) is 9.97 Å². The summed E-state index contributed by atoms with van der Waals surface area (Å²) in [6.07, 6.45) is 0. The molecule has 0 spiro atoms. The van der Waals surface area contributed by atoms with Crippen LogP contribution in [0.15, 0.2) is 29.4 Å². The largest absolute Gasteiger partial charge is 0.383 e. The smallest absolute Gasteiger partial charge is 0.260 e. The monoisotopic (exact) mass is 296 g/mol. The number of anilines is 2. The number of fused-ring (bicyclic) bond motifs is 1. The fraction of sp³-hybridized carbons (Fsp3) is 0.200. The van der Waals surface area contributed by atoms with Gasteiger partial charge in [0.25, 0.3) is 5.91 Å². The lowest BCUT2D eigenvalue weighted by Gasteiger charge is -2.15. The number of rotatable bonds is 2. The zero-order chi connectivity index (χ0) is 15.9. The van der Waals surface area contributed by atoms with Gasteiger partial charge in [-0.2, -0.15) is 5.10 Å². The van der Waals surface area contributed by atoms with Gasteiger partial charge in [0.2, 0.25) is 0 Å². The molecule has 1 amide bonds. The molecular weight excluding hydrogens is 280 g/mol. The highest BCUT2D eigenvalue weighted by atomic mass is 16.2. The molecule has 0 aromatic carbocycles. The summed E-state index contributed by atoms with van der Waals surface area (Å²) >= 11 is 0. The Kier molecular flexibility index (Phi) is 3.25. The fourth-order valence-electron chi connectivity index (χ4n) is 2.48. The first kappa shape index (κ1) is 14.0. The Hall–Kier alpha value is -2.96. The number of aromatic nitrogens is 2. The number of carbonyl (C=O) groups excluding carboxylic acids is 1. The van der Waals surface area contributed by atoms with Gasteiger partial charge in [-0.3, -0.25) is 9.69 Å². The topological polar surface area (TPSA) is 110 Å². The van der Waals surface area contributed by atoms with Crippen LogP contribution in [0.2, 0.25) is 0 Å². The maximum Gasteiger partial charge on any atom is 0.260 e. The maximum absolute atomic E-state index is 12.6. The molecule has 112 valence electrons. The Bertz CT molecular complexity index is 799. The summed E-state index contributed by atoms with van der Waals surface area (Å²) in [5.41, 5.74) is 9.21. The van der Waals surface area contributed by atoms with Crippen molar-refractivity contribution < 1.29 is 4.79 Å². The molecular formula is C15H16N6O. The third kappa shape index (κ3) is 2.16. The number of nitrogens with two attached hydrogens (primary N) is 2. The van der Waals surface area contributed by atoms with Gasteiger partial charge in [0.15, 0.2) is 0 Å². The summed E-state index contributed by atoms with van der Waals surface area (Å²) in [7, 11) is 0. The minimum Gasteiger partial charge on any atom is -0.383 e. The molecule has 1 aliphatic rings. The molecule has 0 atom stereocenters. The molecule has 22 heavy (non-hydrogen) atoms. The first-order chi connectivity index (χ1) is 10.5. The van der Waals surface area contributed by atoms with Crippen molar-refractivity contribution in [3.63, 3.8) is 0 Å². The molecule has 1 aliphatic heterocycles. The van der Waals surface area contributed by atoms with Crippen LogP contribution in [0.5, 0.6) is 0 Å². The Balaban J connectivity index is 2.02. The van der Waals surface area contributed by atoms with Crippen molar-refractivity contribution in [1.29, 1.82) is 0 Å². The summed E-state index contributed by atoms with van der Waals surface area (Å²) in [5, 5.41) is 3.63. The summed E-state index contributed by atoms with van der Waals surface area (Å²) in [5.74, 6) is 6.09. The Morgan fingerprint density at radius 2 is 2.14 bits per heavy atom. The molecule has 0 saturated carbocycles. The predicted octanol–water partition coefficient (Wildman–Crippen LogP) is 1.21. The molecule has 4 N–H and O–H groups in total. The summed E-state index contributed by atoms with van der Waals surface area (Å²) in [4.78, 5) is 22.8. The van der Waals surface area contributed by atoms with Gasteiger partial charge >= 0.3 is 0 Å². The van der Waals surface area contributed by atoms with E-state index < -0.39 is 0 Å². The SMILES string of the molecule is C/C(=N\N)c1cccc(N2Cc3c(cc(C)nc3N)C2=O)n1. The minimum absolute atomic E-state index is 0.126. The second kappa shape index (κ2) is 5.10. The Morgan fingerprint density at radius 1 is 1.36 bits per heavy atom. The van der Waals surface area contributed by atoms with Crippen LogP contribution in [0.1, 0.15) is 34.2 Å². The maximum atomic E-state index is 12.6. The normalized spacial score (nSPS) is 14.4. The molecule has 0 unspecified atom stereocenters. The van der Waals surface area contributed by atoms with Crippen LogP contribution in [0.4, 0.5) is 11.6 Å². The molecule has 7 nitrogen and oxygen atoms in total. The standard InChI is InChI=1S/C15H16N6O/c1-8-6-10-11(14(16)18-8)7-21(15(10)22)13-5-3-4-12(19-13)9(2)20-17/h3-6H,7,17H2,1-2H3,(H2,16,18)/b20-9+. The zero-order valence-electron chi connectivity index (χ0n) is 12.4. The highest BCUT2D eigenvalue weighted by Gasteiger charge is 2.31. The number of amides is 1. The van der Waals surface area contributed by atoms with Gasteiger partial charge in [0, 0.05) is 11.3 Å². The molecule has 2 aromatic heterocycles. The first-order valence-electron chi connectivity index (χ1n) is 6.81. The molecule has 0 aliphatic carbocycles. The minimum atomic E-state index is -0.126. The van der Waals surface area contributed by atoms with E-state index in [-0.39, 0.29) is 5.91 Å². The van der Waals surface area contributed by atoms with E-state index in [0.29, 0.717) is 35.1 Å². The van der Waals surface area contributed by atoms with Gasteiger partial charge in [0.1, 0.15) is 11.6 Å². The van der Waals surface area contributed by atoms with E-state index in [0.717, 1.165) is 11.3 Å². The Morgan fingerprint density at radius 3 is 2.86 bits per heavy atom. The van der Waals surface area contributed by atoms with Crippen LogP contribution in [-0.4, -0.2) is 21.6 Å². The lowest BCUT2D eigenvalue weighted by Crippen LogP contribution is -2.24. The van der Waals surface area contributed by atoms with E-state index in [1.807, 2.05) is 13.0 Å². The van der Waals surface area contributed by atoms with Crippen molar-refractivity contribution in [2.24, 2.45) is 10.9 Å². The Labute approximate surface area is 127 Å². The summed E-state index contributed by atoms with van der Waals surface area (Å²) in [6, 6.07) is 7.14. The van der Waals surface area contributed by atoms with Gasteiger partial charge in [-0.15, -0.1) is 0 Å². The van der Waals surface area contributed by atoms with Crippen LogP contribution >= 0.6 is 0 Å². The fourth-order valence-corrected chi connectivity index (χ4v) is 2.48. The second-order valence-corrected chi connectivity index (χ2v) is 5.16. The molecule has 3 heterocycles. The summed E-state index contributed by atoms with van der Waals surface area (Å²) in [6.45, 7) is 3.94. The number of pyridine rings is 2. The van der Waals surface area contributed by atoms with E-state index in [1.54, 1.807) is 30.0 Å². The lowest BCUT2D eigenvalue weighted by molar-refractivity contribution is 0.0996. The lowest BCUT2D eigenvalue weighted by atomic mass is 10.1. The van der Waals surface area contributed by atoms with Crippen molar-refractivity contribution >= 4 is 23.3 Å². The number of carbonyl (C=O) groups is 1. The zero-order valence-corrected chi connectivity index (χ0v) is 12.4. The van der Waals surface area contributed by atoms with Gasteiger partial charge in [0.05, 0.1) is 23.5 Å². The number of hydrogen-bond acceptors (Lipinski definition) is 6. The molecule has 7 heteroatoms. The van der Waals surface area contributed by atoms with E-state index >= 15 is 0 Å². The van der Waals surface area contributed by atoms with E-state index in [1.165, 1.54) is 0 Å². The quantitative estimate of drug-likeness (QED) is 0.491. The van der Waals surface area contributed by atoms with Gasteiger partial charge in [-0.05, 0) is 32.0 Å². The van der Waals surface area contributed by atoms with Gasteiger partial charge < -0.3 is 11.6 Å². The highest BCUT2D eigenvalue weighted by Crippen LogP contribution is 2.30. The molecule has 0 fully saturated rings. The number of nitrogen functional groups attached to an aromatic ring is 1. The molecule has 0 bridgehead atoms. The van der Waals surface area contributed by atoms with Crippen LogP contribution in [0.3, 0.4) is 0 Å². The van der Waals surface area contributed by atoms with Crippen molar-refractivity contribution in [3.05, 3.63) is 46.8 Å². The van der Waals surface area contributed by atoms with Crippen molar-refractivity contribution in [2.45, 2.75) is 20.4 Å². The van der Waals surface area contributed by atoms with Crippen molar-refractivity contribution in [3.8, 4) is 0 Å². The number of aryl methyl sites for hydroxylation is 1. The summed E-state index contributed by atoms with van der Waals surface area (Å²) < 4.78 is 0. The molecule has 0 saturated heterocycles. The van der Waals surface area contributed by atoms with E-state index in [4.69, 9.17) is 11.6 Å². The third-order valence-corrected chi connectivity index (χ3v) is 3.65. The number of hydrogen-bond donors (Lipinski definition) is 2. The van der Waals surface area contributed by atoms with Gasteiger partial charge in [-0.1, -0.05) is 6.07 Å². The molecule has 0 radical (unpaired) electrons. The van der Waals surface area contributed by atoms with Crippen LogP contribution in [0, 0.1) is 6.92 Å². The average molecular weight is 296 g/mol. The van der Waals surface area contributed by atoms with Crippen LogP contribution < -0.4 is 16.5 Å². The van der Waals surface area contributed by atoms with Crippen LogP contribution in [0.25, 0.3) is 0 Å². The van der Waals surface area contributed by atoms with Gasteiger partial charge in [-0.25, -0.2) is 9.97 Å². The number of nitrogens with zero attached hydrogens (tertiary/aromatic N) is 4. The predicted molar refractivity (Wildman–Crippen MR) is 84.5 cm³/mol. The molecule has 3 rings (SSSR count). The highest BCUT2D eigenvalue weighted by molar-refractivity contribution is 6.10. The second-order valence-electron chi connectivity index (χ2n) is 5.16. The molecule has 2 aromatic rings. The average Bonchev–Trinajstić information content (AvgIpc) is 2.84. The van der Waals surface area contributed by atoms with Crippen LogP contribution in [-0.2, 0) is 6.54 Å². The number of hydrazone groups is 1. The van der Waals surface area contributed by atoms with Crippen molar-refractivity contribution in [2.75, 3.05) is 10.6 Å². The van der Waals surface area contributed by atoms with E-state index in [9.17, 15) is 4.79 Å². The first-order valence-corrected chi connectivity index (χ1v) is 6.81. The third-order valence-electron chi connectivity index (χ3n) is 3.65.